The van der Waals surface area contributed by atoms with Crippen LogP contribution in [0.5, 0.6) is 0 Å². The lowest BCUT2D eigenvalue weighted by atomic mass is 9.99. The number of aliphatic carboxylic acids is 1. The quantitative estimate of drug-likeness (QED) is 0.836. The van der Waals surface area contributed by atoms with Crippen LogP contribution in [0.1, 0.15) is 0 Å². The highest BCUT2D eigenvalue weighted by Crippen LogP contribution is 2.29. The minimum Gasteiger partial charge on any atom is -0.481 e. The van der Waals surface area contributed by atoms with Crippen LogP contribution in [0.2, 0.25) is 0 Å². The number of pyridine rings is 2. The topological polar surface area (TPSA) is 66.3 Å². The average molecular weight is 229 g/mol. The van der Waals surface area contributed by atoms with Crippen LogP contribution in [0, 0.1) is 5.92 Å². The van der Waals surface area contributed by atoms with Crippen LogP contribution in [0.15, 0.2) is 30.6 Å². The molecule has 0 radical (unpaired) electrons. The molecule has 0 unspecified atom stereocenters. The lowest BCUT2D eigenvalue weighted by Gasteiger charge is -2.38. The van der Waals surface area contributed by atoms with E-state index in [1.165, 1.54) is 0 Å². The molecule has 17 heavy (non-hydrogen) atoms. The Morgan fingerprint density at radius 2 is 2.12 bits per heavy atom. The number of nitrogens with zero attached hydrogens (tertiary/aromatic N) is 3. The summed E-state index contributed by atoms with van der Waals surface area (Å²) in [5.41, 5.74) is 2.63. The van der Waals surface area contributed by atoms with Gasteiger partial charge < -0.3 is 10.0 Å². The van der Waals surface area contributed by atoms with Crippen LogP contribution in [-0.4, -0.2) is 34.1 Å². The minimum absolute atomic E-state index is 0.262. The van der Waals surface area contributed by atoms with Crippen LogP contribution < -0.4 is 4.90 Å². The van der Waals surface area contributed by atoms with Crippen LogP contribution >= 0.6 is 0 Å². The first kappa shape index (κ1) is 10.0. The molecule has 0 saturated carbocycles. The molecule has 1 aliphatic rings. The fraction of sp³-hybridized carbons (Fsp3) is 0.250. The lowest BCUT2D eigenvalue weighted by molar-refractivity contribution is -0.142. The summed E-state index contributed by atoms with van der Waals surface area (Å²) in [6.45, 7) is 1.09. The Balaban J connectivity index is 1.94. The van der Waals surface area contributed by atoms with Crippen molar-refractivity contribution in [2.24, 2.45) is 5.92 Å². The number of anilines is 1. The van der Waals surface area contributed by atoms with Crippen molar-refractivity contribution in [2.45, 2.75) is 0 Å². The Bertz CT molecular complexity index is 573. The van der Waals surface area contributed by atoms with Gasteiger partial charge in [-0.1, -0.05) is 0 Å². The monoisotopic (exact) mass is 229 g/mol. The molecular formula is C12H11N3O2. The average Bonchev–Trinajstić information content (AvgIpc) is 2.27. The van der Waals surface area contributed by atoms with E-state index in [0.717, 1.165) is 16.7 Å². The summed E-state index contributed by atoms with van der Waals surface area (Å²) >= 11 is 0. The van der Waals surface area contributed by atoms with Crippen molar-refractivity contribution >= 4 is 22.7 Å². The summed E-state index contributed by atoms with van der Waals surface area (Å²) in [6.07, 6.45) is 3.45. The summed E-state index contributed by atoms with van der Waals surface area (Å²) in [5, 5.41) is 8.86. The highest BCUT2D eigenvalue weighted by atomic mass is 16.4. The first-order chi connectivity index (χ1) is 8.25. The highest BCUT2D eigenvalue weighted by molar-refractivity contribution is 5.89. The predicted molar refractivity (Wildman–Crippen MR) is 62.9 cm³/mol. The van der Waals surface area contributed by atoms with E-state index < -0.39 is 5.97 Å². The third kappa shape index (κ3) is 1.60. The van der Waals surface area contributed by atoms with Crippen LogP contribution in [0.25, 0.3) is 11.0 Å². The number of carbonyl (C=O) groups is 1. The van der Waals surface area contributed by atoms with Gasteiger partial charge in [-0.2, -0.15) is 0 Å². The van der Waals surface area contributed by atoms with E-state index in [1.54, 1.807) is 12.4 Å². The molecule has 3 heterocycles. The van der Waals surface area contributed by atoms with Gasteiger partial charge in [0.1, 0.15) is 5.52 Å². The SMILES string of the molecule is O=C(O)C1CN(c2ccnc3cccnc23)C1. The molecule has 0 bridgehead atoms. The first-order valence-electron chi connectivity index (χ1n) is 5.43. The predicted octanol–water partition coefficient (Wildman–Crippen LogP) is 1.15. The summed E-state index contributed by atoms with van der Waals surface area (Å²) in [6, 6.07) is 5.63. The molecule has 0 aromatic carbocycles. The summed E-state index contributed by atoms with van der Waals surface area (Å²) < 4.78 is 0. The number of hydrogen-bond acceptors (Lipinski definition) is 4. The molecule has 0 atom stereocenters. The molecule has 1 aliphatic heterocycles. The van der Waals surface area contributed by atoms with Crippen molar-refractivity contribution in [3.05, 3.63) is 30.6 Å². The second-order valence-corrected chi connectivity index (χ2v) is 4.14. The summed E-state index contributed by atoms with van der Waals surface area (Å²) in [7, 11) is 0. The normalized spacial score (nSPS) is 15.9. The number of fused-ring (bicyclic) bond motifs is 1. The van der Waals surface area contributed by atoms with Crippen molar-refractivity contribution in [1.82, 2.24) is 9.97 Å². The molecule has 0 aliphatic carbocycles. The third-order valence-corrected chi connectivity index (χ3v) is 3.05. The Hall–Kier alpha value is -2.17. The smallest absolute Gasteiger partial charge is 0.310 e. The number of carboxylic acid groups (broad SMARTS) is 1. The molecule has 5 heteroatoms. The molecule has 2 aromatic heterocycles. The van der Waals surface area contributed by atoms with Crippen molar-refractivity contribution < 1.29 is 9.90 Å². The second kappa shape index (κ2) is 3.69. The molecule has 1 N–H and O–H groups in total. The molecule has 0 spiro atoms. The molecular weight excluding hydrogens is 218 g/mol. The van der Waals surface area contributed by atoms with E-state index >= 15 is 0 Å². The van der Waals surface area contributed by atoms with Gasteiger partial charge in [0.05, 0.1) is 17.1 Å². The molecule has 3 rings (SSSR count). The number of hydrogen-bond donors (Lipinski definition) is 1. The number of rotatable bonds is 2. The maximum atomic E-state index is 10.8. The van der Waals surface area contributed by atoms with Crippen LogP contribution in [0.3, 0.4) is 0 Å². The van der Waals surface area contributed by atoms with Crippen molar-refractivity contribution in [2.75, 3.05) is 18.0 Å². The van der Waals surface area contributed by atoms with E-state index in [2.05, 4.69) is 9.97 Å². The molecule has 2 aromatic rings. The second-order valence-electron chi connectivity index (χ2n) is 4.14. The molecule has 0 amide bonds. The fourth-order valence-electron chi connectivity index (χ4n) is 2.05. The van der Waals surface area contributed by atoms with Gasteiger partial charge in [-0.15, -0.1) is 0 Å². The minimum atomic E-state index is -0.729. The van der Waals surface area contributed by atoms with E-state index in [1.807, 2.05) is 23.1 Å². The van der Waals surface area contributed by atoms with Gasteiger partial charge >= 0.3 is 5.97 Å². The van der Waals surface area contributed by atoms with E-state index in [9.17, 15) is 4.79 Å². The zero-order valence-corrected chi connectivity index (χ0v) is 9.08. The maximum Gasteiger partial charge on any atom is 0.310 e. The van der Waals surface area contributed by atoms with E-state index in [-0.39, 0.29) is 5.92 Å². The van der Waals surface area contributed by atoms with Crippen molar-refractivity contribution in [3.63, 3.8) is 0 Å². The van der Waals surface area contributed by atoms with Crippen LogP contribution in [0.4, 0.5) is 5.69 Å². The first-order valence-corrected chi connectivity index (χ1v) is 5.43. The van der Waals surface area contributed by atoms with E-state index in [0.29, 0.717) is 13.1 Å². The van der Waals surface area contributed by atoms with E-state index in [4.69, 9.17) is 5.11 Å². The van der Waals surface area contributed by atoms with Crippen LogP contribution in [-0.2, 0) is 4.79 Å². The largest absolute Gasteiger partial charge is 0.481 e. The molecule has 5 nitrogen and oxygen atoms in total. The van der Waals surface area contributed by atoms with Gasteiger partial charge in [0, 0.05) is 25.5 Å². The molecule has 1 fully saturated rings. The van der Waals surface area contributed by atoms with Gasteiger partial charge in [0.2, 0.25) is 0 Å². The summed E-state index contributed by atoms with van der Waals surface area (Å²) in [5.74, 6) is -0.991. The third-order valence-electron chi connectivity index (χ3n) is 3.05. The van der Waals surface area contributed by atoms with Gasteiger partial charge in [-0.05, 0) is 18.2 Å². The van der Waals surface area contributed by atoms with Gasteiger partial charge in [0.15, 0.2) is 0 Å². The Morgan fingerprint density at radius 3 is 2.88 bits per heavy atom. The fourth-order valence-corrected chi connectivity index (χ4v) is 2.05. The molecule has 86 valence electrons. The standard InChI is InChI=1S/C12H11N3O2/c16-12(17)8-6-15(7-8)10-3-5-13-9-2-1-4-14-11(9)10/h1-5,8H,6-7H2,(H,16,17). The summed E-state index contributed by atoms with van der Waals surface area (Å²) in [4.78, 5) is 21.3. The number of aromatic nitrogens is 2. The van der Waals surface area contributed by atoms with Gasteiger partial charge in [0.25, 0.3) is 0 Å². The Kier molecular flexibility index (Phi) is 2.18. The Morgan fingerprint density at radius 1 is 1.29 bits per heavy atom. The zero-order valence-electron chi connectivity index (χ0n) is 9.08. The Labute approximate surface area is 97.7 Å². The molecule has 1 saturated heterocycles. The van der Waals surface area contributed by atoms with Crippen molar-refractivity contribution in [3.8, 4) is 0 Å². The van der Waals surface area contributed by atoms with Gasteiger partial charge in [-0.3, -0.25) is 14.8 Å². The maximum absolute atomic E-state index is 10.8. The van der Waals surface area contributed by atoms with Gasteiger partial charge in [-0.25, -0.2) is 0 Å². The highest BCUT2D eigenvalue weighted by Gasteiger charge is 2.33. The lowest BCUT2D eigenvalue weighted by Crippen LogP contribution is -2.50. The van der Waals surface area contributed by atoms with Crippen molar-refractivity contribution in [1.29, 1.82) is 0 Å². The zero-order chi connectivity index (χ0) is 11.8. The number of carboxylic acids is 1.